The smallest absolute Gasteiger partial charge is 0.0757 e. The summed E-state index contributed by atoms with van der Waals surface area (Å²) in [6.45, 7) is 7.47. The van der Waals surface area contributed by atoms with Gasteiger partial charge in [0.2, 0.25) is 0 Å². The van der Waals surface area contributed by atoms with Crippen molar-refractivity contribution in [3.8, 4) is 0 Å². The van der Waals surface area contributed by atoms with Gasteiger partial charge >= 0.3 is 0 Å². The Labute approximate surface area is 182 Å². The quantitative estimate of drug-likeness (QED) is 0.276. The maximum absolute atomic E-state index is 2.55. The zero-order chi connectivity index (χ0) is 20.9. The molecule has 0 unspecified atom stereocenters. The molecule has 1 heterocycles. The average molecular weight is 403 g/mol. The molecular weight excluding hydrogens is 376 g/mol. The summed E-state index contributed by atoms with van der Waals surface area (Å²) in [6.07, 6.45) is 0. The van der Waals surface area contributed by atoms with Crippen LogP contribution >= 0.6 is 0 Å². The maximum Gasteiger partial charge on any atom is 0.0757 e. The predicted octanol–water partition coefficient (Wildman–Crippen LogP) is 7.55. The molecule has 0 spiro atoms. The molecule has 0 amide bonds. The fourth-order valence-electron chi connectivity index (χ4n) is 5.22. The summed E-state index contributed by atoms with van der Waals surface area (Å²) in [5.41, 5.74) is 2.67. The molecule has 31 heavy (non-hydrogen) atoms. The number of hydrogen-bond acceptors (Lipinski definition) is 1. The Morgan fingerprint density at radius 1 is 0.613 bits per heavy atom. The standard InChI is InChI=1S/C29H26N2/c1-3-30(4-2)19-31-27-18-21-12-6-5-11-20(21)17-26(27)28-24-15-9-7-13-22(24)23-14-8-10-16-25(23)29(28)31/h5-18H,3-4,19H2,1-2H3. The van der Waals surface area contributed by atoms with Crippen molar-refractivity contribution in [1.82, 2.24) is 9.47 Å². The van der Waals surface area contributed by atoms with Crippen LogP contribution in [-0.4, -0.2) is 22.6 Å². The van der Waals surface area contributed by atoms with Crippen molar-refractivity contribution < 1.29 is 0 Å². The van der Waals surface area contributed by atoms with Crippen LogP contribution in [0, 0.1) is 0 Å². The first-order valence-corrected chi connectivity index (χ1v) is 11.3. The summed E-state index contributed by atoms with van der Waals surface area (Å²) in [5, 5.41) is 10.7. The first kappa shape index (κ1) is 18.4. The molecule has 0 atom stereocenters. The van der Waals surface area contributed by atoms with E-state index in [0.29, 0.717) is 0 Å². The highest BCUT2D eigenvalue weighted by Crippen LogP contribution is 2.42. The van der Waals surface area contributed by atoms with E-state index in [1.165, 1.54) is 54.1 Å². The summed E-state index contributed by atoms with van der Waals surface area (Å²) in [4.78, 5) is 2.50. The Balaban J connectivity index is 1.90. The lowest BCUT2D eigenvalue weighted by Crippen LogP contribution is -2.25. The molecule has 0 radical (unpaired) electrons. The highest BCUT2D eigenvalue weighted by Gasteiger charge is 2.19. The summed E-state index contributed by atoms with van der Waals surface area (Å²) in [6, 6.07) is 31.3. The fraction of sp³-hybridized carbons (Fsp3) is 0.172. The number of hydrogen-bond donors (Lipinski definition) is 0. The lowest BCUT2D eigenvalue weighted by molar-refractivity contribution is 0.250. The summed E-state index contributed by atoms with van der Waals surface area (Å²) in [5.74, 6) is 0. The van der Waals surface area contributed by atoms with Crippen molar-refractivity contribution in [3.05, 3.63) is 84.9 Å². The summed E-state index contributed by atoms with van der Waals surface area (Å²) >= 11 is 0. The Hall–Kier alpha value is -3.36. The van der Waals surface area contributed by atoms with Gasteiger partial charge in [0, 0.05) is 16.2 Å². The molecule has 0 saturated carbocycles. The molecule has 0 N–H and O–H groups in total. The van der Waals surface area contributed by atoms with Gasteiger partial charge in [0.1, 0.15) is 0 Å². The highest BCUT2D eigenvalue weighted by atomic mass is 15.2. The minimum Gasteiger partial charge on any atom is -0.326 e. The third-order valence-electron chi connectivity index (χ3n) is 6.84. The zero-order valence-electron chi connectivity index (χ0n) is 18.1. The molecule has 0 aliphatic carbocycles. The van der Waals surface area contributed by atoms with E-state index in [1.54, 1.807) is 0 Å². The second-order valence-corrected chi connectivity index (χ2v) is 8.40. The minimum atomic E-state index is 0.897. The van der Waals surface area contributed by atoms with Crippen LogP contribution in [0.5, 0.6) is 0 Å². The monoisotopic (exact) mass is 402 g/mol. The predicted molar refractivity (Wildman–Crippen MR) is 135 cm³/mol. The van der Waals surface area contributed by atoms with E-state index in [4.69, 9.17) is 0 Å². The van der Waals surface area contributed by atoms with Crippen LogP contribution in [-0.2, 0) is 6.67 Å². The van der Waals surface area contributed by atoms with Gasteiger partial charge in [-0.15, -0.1) is 0 Å². The van der Waals surface area contributed by atoms with Crippen molar-refractivity contribution in [3.63, 3.8) is 0 Å². The van der Waals surface area contributed by atoms with E-state index >= 15 is 0 Å². The van der Waals surface area contributed by atoms with Crippen LogP contribution in [0.4, 0.5) is 0 Å². The minimum absolute atomic E-state index is 0.897. The van der Waals surface area contributed by atoms with E-state index in [-0.39, 0.29) is 0 Å². The lowest BCUT2D eigenvalue weighted by Gasteiger charge is -2.21. The topological polar surface area (TPSA) is 8.17 Å². The van der Waals surface area contributed by atoms with Crippen LogP contribution in [0.25, 0.3) is 54.1 Å². The first-order chi connectivity index (χ1) is 15.3. The van der Waals surface area contributed by atoms with Crippen LogP contribution in [0.1, 0.15) is 13.8 Å². The zero-order valence-corrected chi connectivity index (χ0v) is 18.1. The fourth-order valence-corrected chi connectivity index (χ4v) is 5.22. The van der Waals surface area contributed by atoms with Gasteiger partial charge < -0.3 is 4.57 Å². The molecule has 0 fully saturated rings. The number of rotatable bonds is 4. The molecule has 0 aliphatic heterocycles. The van der Waals surface area contributed by atoms with Crippen LogP contribution in [0.3, 0.4) is 0 Å². The molecule has 1 aromatic heterocycles. The Morgan fingerprint density at radius 3 is 1.84 bits per heavy atom. The molecule has 152 valence electrons. The summed E-state index contributed by atoms with van der Waals surface area (Å²) < 4.78 is 2.55. The molecule has 2 nitrogen and oxygen atoms in total. The van der Waals surface area contributed by atoms with Crippen molar-refractivity contribution in [2.45, 2.75) is 20.5 Å². The maximum atomic E-state index is 2.55. The lowest BCUT2D eigenvalue weighted by atomic mass is 9.96. The van der Waals surface area contributed by atoms with E-state index in [2.05, 4.69) is 108 Å². The molecule has 6 rings (SSSR count). The van der Waals surface area contributed by atoms with Gasteiger partial charge in [0.05, 0.1) is 17.7 Å². The Morgan fingerprint density at radius 2 is 1.16 bits per heavy atom. The number of nitrogens with zero attached hydrogens (tertiary/aromatic N) is 2. The molecule has 0 bridgehead atoms. The van der Waals surface area contributed by atoms with Gasteiger partial charge in [-0.2, -0.15) is 0 Å². The van der Waals surface area contributed by atoms with Gasteiger partial charge in [-0.3, -0.25) is 4.90 Å². The van der Waals surface area contributed by atoms with E-state index in [0.717, 1.165) is 19.8 Å². The van der Waals surface area contributed by atoms with E-state index in [9.17, 15) is 0 Å². The second kappa shape index (κ2) is 7.11. The average Bonchev–Trinajstić information content (AvgIpc) is 3.14. The summed E-state index contributed by atoms with van der Waals surface area (Å²) in [7, 11) is 0. The molecule has 5 aromatic carbocycles. The third kappa shape index (κ3) is 2.68. The number of benzene rings is 5. The van der Waals surface area contributed by atoms with Gasteiger partial charge in [-0.05, 0) is 52.2 Å². The molecule has 0 aliphatic rings. The Kier molecular flexibility index (Phi) is 4.22. The molecular formula is C29H26N2. The first-order valence-electron chi connectivity index (χ1n) is 11.3. The molecule has 6 aromatic rings. The van der Waals surface area contributed by atoms with Crippen LogP contribution in [0.15, 0.2) is 84.9 Å². The van der Waals surface area contributed by atoms with E-state index in [1.807, 2.05) is 0 Å². The van der Waals surface area contributed by atoms with E-state index < -0.39 is 0 Å². The normalized spacial score (nSPS) is 12.2. The van der Waals surface area contributed by atoms with Crippen molar-refractivity contribution in [2.75, 3.05) is 13.1 Å². The van der Waals surface area contributed by atoms with Crippen molar-refractivity contribution in [1.29, 1.82) is 0 Å². The van der Waals surface area contributed by atoms with Gasteiger partial charge in [-0.1, -0.05) is 86.6 Å². The molecule has 2 heteroatoms. The third-order valence-corrected chi connectivity index (χ3v) is 6.84. The van der Waals surface area contributed by atoms with Gasteiger partial charge in [0.25, 0.3) is 0 Å². The second-order valence-electron chi connectivity index (χ2n) is 8.40. The van der Waals surface area contributed by atoms with Gasteiger partial charge in [0.15, 0.2) is 0 Å². The van der Waals surface area contributed by atoms with Crippen molar-refractivity contribution in [2.24, 2.45) is 0 Å². The Bertz CT molecular complexity index is 1590. The number of aromatic nitrogens is 1. The molecule has 0 saturated heterocycles. The van der Waals surface area contributed by atoms with Gasteiger partial charge in [-0.25, -0.2) is 0 Å². The largest absolute Gasteiger partial charge is 0.326 e. The van der Waals surface area contributed by atoms with Crippen molar-refractivity contribution >= 4 is 54.1 Å². The number of fused-ring (bicyclic) bond motifs is 9. The van der Waals surface area contributed by atoms with Crippen LogP contribution in [0.2, 0.25) is 0 Å². The SMILES string of the molecule is CCN(CC)Cn1c2cc3ccccc3cc2c2c3ccccc3c3ccccc3c21. The van der Waals surface area contributed by atoms with Crippen LogP contribution < -0.4 is 0 Å². The highest BCUT2D eigenvalue weighted by molar-refractivity contribution is 6.32.